The predicted octanol–water partition coefficient (Wildman–Crippen LogP) is 0.629. The molecule has 0 bridgehead atoms. The van der Waals surface area contributed by atoms with Gasteiger partial charge < -0.3 is 67.6 Å². The summed E-state index contributed by atoms with van der Waals surface area (Å²) in [6.45, 7) is 4.19. The largest absolute Gasteiger partial charge is 0.508 e. The fraction of sp³-hybridized carbons (Fsp3) is 0.408. The van der Waals surface area contributed by atoms with E-state index in [2.05, 4.69) is 36.6 Å². The Morgan fingerprint density at radius 2 is 1.19 bits per heavy atom. The van der Waals surface area contributed by atoms with Crippen molar-refractivity contribution in [3.63, 3.8) is 0 Å². The standard InChI is InChI=1S/C49H61N9O11/c1-26(2)19-38(55-45(64)40(25-59)57-44(63)37(54-47(66)42(50)27(3)60)22-30-24-52-35-12-7-5-10-33(30)35)48(67)58-18-8-13-41(58)46(65)53-36(21-29-23-51-34-11-6-4-9-32(29)34)43(62)56-39(49(68)69)20-28-14-16-31(61)17-15-28/h4-7,9-12,14-17,23-24,26-27,36-42,51-52,59-61H,8,13,18-22,25,50H2,1-3H3,(H,53,65)(H,54,66)(H,55,64)(H,56,62)(H,57,63)(H,68,69)/t27-,36+,37+,38+,39+,40+,41+,42+/m1/s1. The quantitative estimate of drug-likeness (QED) is 0.0455. The highest BCUT2D eigenvalue weighted by atomic mass is 16.4. The highest BCUT2D eigenvalue weighted by molar-refractivity contribution is 5.98. The number of likely N-dealkylation sites (tertiary alicyclic amines) is 1. The van der Waals surface area contributed by atoms with Crippen molar-refractivity contribution < 1.29 is 54.0 Å². The highest BCUT2D eigenvalue weighted by Gasteiger charge is 2.40. The molecule has 3 aromatic carbocycles. The van der Waals surface area contributed by atoms with Crippen molar-refractivity contribution in [3.8, 4) is 5.75 Å². The van der Waals surface area contributed by atoms with Crippen LogP contribution in [0.25, 0.3) is 21.8 Å². The number of aromatic nitrogens is 2. The van der Waals surface area contributed by atoms with Gasteiger partial charge in [-0.15, -0.1) is 0 Å². The minimum absolute atomic E-state index is 0.0153. The SMILES string of the molecule is CC(C)C[C@H](NC(=O)[C@H](CO)NC(=O)[C@H](Cc1c[nH]c2ccccc12)NC(=O)[C@@H](N)[C@@H](C)O)C(=O)N1CCC[C@H]1C(=O)N[C@@H](Cc1c[nH]c2ccccc12)C(=O)N[C@@H](Cc1ccc(O)cc1)C(=O)O. The van der Waals surface area contributed by atoms with Crippen molar-refractivity contribution in [2.24, 2.45) is 11.7 Å². The van der Waals surface area contributed by atoms with Crippen LogP contribution < -0.4 is 32.3 Å². The molecule has 1 saturated heterocycles. The molecule has 20 heteroatoms. The molecular weight excluding hydrogens is 891 g/mol. The lowest BCUT2D eigenvalue weighted by Crippen LogP contribution is -2.61. The van der Waals surface area contributed by atoms with E-state index in [1.165, 1.54) is 36.1 Å². The summed E-state index contributed by atoms with van der Waals surface area (Å²) in [5.74, 6) is -6.20. The summed E-state index contributed by atoms with van der Waals surface area (Å²) in [5, 5.41) is 54.8. The van der Waals surface area contributed by atoms with E-state index in [-0.39, 0.29) is 50.3 Å². The number of para-hydroxylation sites is 2. The van der Waals surface area contributed by atoms with Gasteiger partial charge in [-0.2, -0.15) is 0 Å². The number of rotatable bonds is 22. The number of phenols is 1. The van der Waals surface area contributed by atoms with E-state index < -0.39 is 96.4 Å². The molecule has 0 saturated carbocycles. The number of amides is 6. The van der Waals surface area contributed by atoms with Crippen LogP contribution in [0.4, 0.5) is 0 Å². The lowest BCUT2D eigenvalue weighted by Gasteiger charge is -2.31. The molecule has 0 radical (unpaired) electrons. The van der Waals surface area contributed by atoms with Gasteiger partial charge in [0.05, 0.1) is 12.7 Å². The van der Waals surface area contributed by atoms with Crippen LogP contribution in [-0.2, 0) is 52.8 Å². The fourth-order valence-corrected chi connectivity index (χ4v) is 8.49. The lowest BCUT2D eigenvalue weighted by atomic mass is 10.0. The Morgan fingerprint density at radius 3 is 1.72 bits per heavy atom. The molecule has 368 valence electrons. The number of carboxylic acid groups (broad SMARTS) is 1. The summed E-state index contributed by atoms with van der Waals surface area (Å²) in [6.07, 6.45) is 2.59. The van der Waals surface area contributed by atoms with E-state index in [9.17, 15) is 54.0 Å². The number of aromatic amines is 2. The molecule has 0 spiro atoms. The molecule has 1 aliphatic heterocycles. The van der Waals surface area contributed by atoms with Gasteiger partial charge in [-0.25, -0.2) is 4.79 Å². The van der Waals surface area contributed by atoms with Crippen LogP contribution >= 0.6 is 0 Å². The molecule has 20 nitrogen and oxygen atoms in total. The molecule has 1 aliphatic rings. The van der Waals surface area contributed by atoms with Gasteiger partial charge in [-0.3, -0.25) is 28.8 Å². The Kier molecular flexibility index (Phi) is 17.1. The number of H-pyrrole nitrogens is 2. The number of hydrogen-bond donors (Lipinski definition) is 12. The molecule has 6 amide bonds. The lowest BCUT2D eigenvalue weighted by molar-refractivity contribution is -0.144. The molecule has 1 fully saturated rings. The van der Waals surface area contributed by atoms with Crippen molar-refractivity contribution in [1.29, 1.82) is 0 Å². The number of carbonyl (C=O) groups excluding carboxylic acids is 6. The third-order valence-corrected chi connectivity index (χ3v) is 12.3. The van der Waals surface area contributed by atoms with Gasteiger partial charge in [0.1, 0.15) is 48.0 Å². The maximum Gasteiger partial charge on any atom is 0.326 e. The molecule has 0 unspecified atom stereocenters. The molecular formula is C49H61N9O11. The van der Waals surface area contributed by atoms with Gasteiger partial charge in [0.2, 0.25) is 35.4 Å². The zero-order chi connectivity index (χ0) is 49.9. The molecule has 5 aromatic rings. The molecule has 8 atom stereocenters. The zero-order valence-electron chi connectivity index (χ0n) is 38.6. The number of carbonyl (C=O) groups is 7. The smallest absolute Gasteiger partial charge is 0.326 e. The maximum atomic E-state index is 14.5. The number of aromatic hydroxyl groups is 1. The van der Waals surface area contributed by atoms with E-state index in [1.807, 2.05) is 56.3 Å². The van der Waals surface area contributed by atoms with Crippen molar-refractivity contribution in [2.75, 3.05) is 13.2 Å². The number of phenolic OH excluding ortho intramolecular Hbond substituents is 1. The predicted molar refractivity (Wildman–Crippen MR) is 254 cm³/mol. The van der Waals surface area contributed by atoms with Crippen molar-refractivity contribution in [3.05, 3.63) is 102 Å². The first-order valence-corrected chi connectivity index (χ1v) is 22.9. The number of fused-ring (bicyclic) bond motifs is 2. The van der Waals surface area contributed by atoms with E-state index in [1.54, 1.807) is 18.5 Å². The Balaban J connectivity index is 1.18. The van der Waals surface area contributed by atoms with Crippen LogP contribution in [0.15, 0.2) is 85.2 Å². The first kappa shape index (κ1) is 51.1. The van der Waals surface area contributed by atoms with Gasteiger partial charge in [0, 0.05) is 60.0 Å². The highest BCUT2D eigenvalue weighted by Crippen LogP contribution is 2.24. The van der Waals surface area contributed by atoms with Crippen molar-refractivity contribution >= 4 is 63.2 Å². The van der Waals surface area contributed by atoms with Crippen molar-refractivity contribution in [2.45, 2.75) is 108 Å². The molecule has 6 rings (SSSR count). The van der Waals surface area contributed by atoms with Gasteiger partial charge in [-0.1, -0.05) is 62.4 Å². The monoisotopic (exact) mass is 951 g/mol. The Labute approximate surface area is 397 Å². The summed E-state index contributed by atoms with van der Waals surface area (Å²) in [5.41, 5.74) is 9.26. The third-order valence-electron chi connectivity index (χ3n) is 12.3. The second-order valence-corrected chi connectivity index (χ2v) is 17.9. The Bertz CT molecular complexity index is 2630. The average Bonchev–Trinajstić information content (AvgIpc) is 4.09. The van der Waals surface area contributed by atoms with E-state index in [0.717, 1.165) is 21.8 Å². The summed E-state index contributed by atoms with van der Waals surface area (Å²) in [7, 11) is 0. The summed E-state index contributed by atoms with van der Waals surface area (Å²) in [4.78, 5) is 104. The van der Waals surface area contributed by atoms with E-state index in [0.29, 0.717) is 23.1 Å². The van der Waals surface area contributed by atoms with E-state index in [4.69, 9.17) is 5.73 Å². The summed E-state index contributed by atoms with van der Waals surface area (Å²) in [6, 6.07) is 11.1. The number of aliphatic hydroxyl groups excluding tert-OH is 2. The van der Waals surface area contributed by atoms with Crippen LogP contribution in [0.5, 0.6) is 5.75 Å². The van der Waals surface area contributed by atoms with Crippen LogP contribution in [0.2, 0.25) is 0 Å². The first-order valence-electron chi connectivity index (χ1n) is 22.9. The minimum atomic E-state index is -1.60. The third kappa shape index (κ3) is 13.0. The second kappa shape index (κ2) is 23.1. The average molecular weight is 952 g/mol. The number of aliphatic hydroxyl groups is 2. The van der Waals surface area contributed by atoms with Crippen LogP contribution in [0, 0.1) is 5.92 Å². The topological polar surface area (TPSA) is 321 Å². The number of aliphatic carboxylic acids is 1. The number of nitrogens with two attached hydrogens (primary N) is 1. The maximum absolute atomic E-state index is 14.5. The molecule has 2 aromatic heterocycles. The number of carboxylic acids is 1. The fourth-order valence-electron chi connectivity index (χ4n) is 8.49. The molecule has 0 aliphatic carbocycles. The number of benzene rings is 3. The second-order valence-electron chi connectivity index (χ2n) is 17.9. The zero-order valence-corrected chi connectivity index (χ0v) is 38.6. The van der Waals surface area contributed by atoms with Gasteiger partial charge in [0.25, 0.3) is 0 Å². The van der Waals surface area contributed by atoms with Crippen LogP contribution in [0.3, 0.4) is 0 Å². The van der Waals surface area contributed by atoms with Gasteiger partial charge >= 0.3 is 5.97 Å². The Morgan fingerprint density at radius 1 is 0.681 bits per heavy atom. The molecule has 69 heavy (non-hydrogen) atoms. The first-order chi connectivity index (χ1) is 32.9. The van der Waals surface area contributed by atoms with Gasteiger partial charge in [0.15, 0.2) is 0 Å². The van der Waals surface area contributed by atoms with Gasteiger partial charge in [-0.05, 0) is 73.1 Å². The number of nitrogens with zero attached hydrogens (tertiary/aromatic N) is 1. The molecule has 13 N–H and O–H groups in total. The summed E-state index contributed by atoms with van der Waals surface area (Å²) < 4.78 is 0. The summed E-state index contributed by atoms with van der Waals surface area (Å²) >= 11 is 0. The number of hydrogen-bond acceptors (Lipinski definition) is 11. The van der Waals surface area contributed by atoms with Crippen LogP contribution in [-0.4, -0.2) is 138 Å². The molecule has 3 heterocycles. The van der Waals surface area contributed by atoms with Crippen molar-refractivity contribution in [1.82, 2.24) is 41.5 Å². The minimum Gasteiger partial charge on any atom is -0.508 e. The van der Waals surface area contributed by atoms with E-state index >= 15 is 0 Å². The normalized spacial score (nSPS) is 16.7. The van der Waals surface area contributed by atoms with Crippen LogP contribution in [0.1, 0.15) is 56.7 Å². The Hall–Kier alpha value is -7.29. The number of nitrogens with one attached hydrogen (secondary N) is 7.